The molecule has 0 saturated carbocycles. The van der Waals surface area contributed by atoms with Crippen molar-refractivity contribution in [3.63, 3.8) is 0 Å². The predicted octanol–water partition coefficient (Wildman–Crippen LogP) is 0.599. The van der Waals surface area contributed by atoms with Crippen molar-refractivity contribution < 1.29 is 14.3 Å². The first-order chi connectivity index (χ1) is 8.79. The van der Waals surface area contributed by atoms with E-state index in [2.05, 4.69) is 17.2 Å². The van der Waals surface area contributed by atoms with Gasteiger partial charge in [-0.1, -0.05) is 12.8 Å². The Morgan fingerprint density at radius 2 is 2.28 bits per heavy atom. The molecule has 18 heavy (non-hydrogen) atoms. The van der Waals surface area contributed by atoms with Crippen molar-refractivity contribution >= 4 is 6.09 Å². The molecule has 0 unspecified atom stereocenters. The molecular weight excluding hydrogens is 232 g/mol. The Hall–Kier alpha value is -1.25. The largest absolute Gasteiger partial charge is 0.445 e. The van der Waals surface area contributed by atoms with Gasteiger partial charge in [-0.15, -0.1) is 5.92 Å². The standard InChI is InChI=1S/C13H20N2O3/c1-2-3-4-11-9-12(10-14-11)18-13(16)15-5-7-17-8-6-15/h11-12,14H,2,5-10H2,1H3/t11-,12-/m1/s1. The molecule has 2 fully saturated rings. The second-order valence-corrected chi connectivity index (χ2v) is 4.48. The van der Waals surface area contributed by atoms with E-state index in [1.165, 1.54) is 0 Å². The number of amides is 1. The summed E-state index contributed by atoms with van der Waals surface area (Å²) in [6, 6.07) is 0.160. The van der Waals surface area contributed by atoms with Gasteiger partial charge >= 0.3 is 6.09 Å². The van der Waals surface area contributed by atoms with Gasteiger partial charge in [0.25, 0.3) is 0 Å². The highest BCUT2D eigenvalue weighted by Gasteiger charge is 2.28. The Kier molecular flexibility index (Phi) is 4.85. The molecule has 1 amide bonds. The first kappa shape index (κ1) is 13.2. The molecule has 2 aliphatic rings. The van der Waals surface area contributed by atoms with Crippen LogP contribution in [0.15, 0.2) is 0 Å². The molecule has 0 bridgehead atoms. The van der Waals surface area contributed by atoms with Crippen molar-refractivity contribution in [2.75, 3.05) is 32.8 Å². The van der Waals surface area contributed by atoms with Gasteiger partial charge in [0.2, 0.25) is 0 Å². The molecule has 1 N–H and O–H groups in total. The van der Waals surface area contributed by atoms with Crippen LogP contribution in [-0.4, -0.2) is 56.0 Å². The molecule has 5 nitrogen and oxygen atoms in total. The summed E-state index contributed by atoms with van der Waals surface area (Å²) in [6.45, 7) is 5.17. The SMILES string of the molecule is CCC#C[C@@H]1C[C@@H](OC(=O)N2CCOCC2)CN1. The molecule has 0 aromatic heterocycles. The topological polar surface area (TPSA) is 50.8 Å². The molecular formula is C13H20N2O3. The van der Waals surface area contributed by atoms with Crippen LogP contribution >= 0.6 is 0 Å². The van der Waals surface area contributed by atoms with Crippen molar-refractivity contribution in [1.82, 2.24) is 10.2 Å². The Morgan fingerprint density at radius 3 is 3.00 bits per heavy atom. The minimum Gasteiger partial charge on any atom is -0.445 e. The van der Waals surface area contributed by atoms with Crippen LogP contribution in [0.2, 0.25) is 0 Å². The van der Waals surface area contributed by atoms with Gasteiger partial charge in [0.15, 0.2) is 0 Å². The molecule has 0 spiro atoms. The number of nitrogens with one attached hydrogen (secondary N) is 1. The number of ether oxygens (including phenoxy) is 2. The molecule has 0 radical (unpaired) electrons. The highest BCUT2D eigenvalue weighted by molar-refractivity contribution is 5.68. The zero-order valence-electron chi connectivity index (χ0n) is 10.8. The highest BCUT2D eigenvalue weighted by Crippen LogP contribution is 2.12. The molecule has 2 rings (SSSR count). The molecule has 100 valence electrons. The third-order valence-corrected chi connectivity index (χ3v) is 3.08. The summed E-state index contributed by atoms with van der Waals surface area (Å²) in [6.07, 6.45) is 1.35. The molecule has 0 aromatic rings. The van der Waals surface area contributed by atoms with Gasteiger partial charge in [-0.3, -0.25) is 5.32 Å². The molecule has 2 heterocycles. The minimum atomic E-state index is -0.228. The van der Waals surface area contributed by atoms with Crippen molar-refractivity contribution in [2.45, 2.75) is 31.9 Å². The smallest absolute Gasteiger partial charge is 0.410 e. The summed E-state index contributed by atoms with van der Waals surface area (Å²) < 4.78 is 10.7. The highest BCUT2D eigenvalue weighted by atomic mass is 16.6. The quantitative estimate of drug-likeness (QED) is 0.694. The van der Waals surface area contributed by atoms with E-state index in [1.807, 2.05) is 6.92 Å². The van der Waals surface area contributed by atoms with Crippen LogP contribution < -0.4 is 5.32 Å². The summed E-state index contributed by atoms with van der Waals surface area (Å²) in [5.74, 6) is 6.18. The first-order valence-electron chi connectivity index (χ1n) is 6.54. The van der Waals surface area contributed by atoms with Crippen molar-refractivity contribution in [1.29, 1.82) is 0 Å². The maximum Gasteiger partial charge on any atom is 0.410 e. The zero-order chi connectivity index (χ0) is 12.8. The Balaban J connectivity index is 1.75. The van der Waals surface area contributed by atoms with Crippen LogP contribution in [0.25, 0.3) is 0 Å². The number of hydrogen-bond donors (Lipinski definition) is 1. The lowest BCUT2D eigenvalue weighted by atomic mass is 10.2. The first-order valence-corrected chi connectivity index (χ1v) is 6.54. The van der Waals surface area contributed by atoms with Gasteiger partial charge in [0, 0.05) is 32.5 Å². The summed E-state index contributed by atoms with van der Waals surface area (Å²) in [5.41, 5.74) is 0. The summed E-state index contributed by atoms with van der Waals surface area (Å²) in [5, 5.41) is 3.26. The maximum absolute atomic E-state index is 11.9. The van der Waals surface area contributed by atoms with Crippen molar-refractivity contribution in [3.05, 3.63) is 0 Å². The molecule has 5 heteroatoms. The maximum atomic E-state index is 11.9. The van der Waals surface area contributed by atoms with Crippen LogP contribution in [-0.2, 0) is 9.47 Å². The second kappa shape index (κ2) is 6.62. The van der Waals surface area contributed by atoms with Gasteiger partial charge in [0.1, 0.15) is 6.10 Å². The van der Waals surface area contributed by atoms with Gasteiger partial charge < -0.3 is 14.4 Å². The van der Waals surface area contributed by atoms with Gasteiger partial charge in [-0.2, -0.15) is 0 Å². The lowest BCUT2D eigenvalue weighted by Crippen LogP contribution is -2.42. The number of carbonyl (C=O) groups excluding carboxylic acids is 1. The van der Waals surface area contributed by atoms with Crippen LogP contribution in [0.4, 0.5) is 4.79 Å². The average Bonchev–Trinajstić information content (AvgIpc) is 2.85. The van der Waals surface area contributed by atoms with Gasteiger partial charge in [0.05, 0.1) is 19.3 Å². The molecule has 2 saturated heterocycles. The van der Waals surface area contributed by atoms with E-state index >= 15 is 0 Å². The van der Waals surface area contributed by atoms with Crippen molar-refractivity contribution in [2.24, 2.45) is 0 Å². The summed E-state index contributed by atoms with van der Waals surface area (Å²) >= 11 is 0. The zero-order valence-corrected chi connectivity index (χ0v) is 10.8. The van der Waals surface area contributed by atoms with E-state index in [4.69, 9.17) is 9.47 Å². The number of morpholine rings is 1. The van der Waals surface area contributed by atoms with E-state index in [-0.39, 0.29) is 18.2 Å². The summed E-state index contributed by atoms with van der Waals surface area (Å²) in [4.78, 5) is 13.6. The second-order valence-electron chi connectivity index (χ2n) is 4.48. The molecule has 0 aromatic carbocycles. The number of rotatable bonds is 1. The fraction of sp³-hybridized carbons (Fsp3) is 0.769. The number of carbonyl (C=O) groups is 1. The Morgan fingerprint density at radius 1 is 1.50 bits per heavy atom. The Bertz CT molecular complexity index is 342. The third-order valence-electron chi connectivity index (χ3n) is 3.08. The number of hydrogen-bond acceptors (Lipinski definition) is 4. The van der Waals surface area contributed by atoms with Crippen LogP contribution in [0.1, 0.15) is 19.8 Å². The van der Waals surface area contributed by atoms with E-state index in [0.29, 0.717) is 32.8 Å². The van der Waals surface area contributed by atoms with E-state index in [9.17, 15) is 4.79 Å². The van der Waals surface area contributed by atoms with Crippen LogP contribution in [0.3, 0.4) is 0 Å². The van der Waals surface area contributed by atoms with E-state index in [1.54, 1.807) is 4.90 Å². The normalized spacial score (nSPS) is 27.5. The fourth-order valence-corrected chi connectivity index (χ4v) is 2.09. The van der Waals surface area contributed by atoms with E-state index < -0.39 is 0 Å². The molecule has 0 aliphatic carbocycles. The summed E-state index contributed by atoms with van der Waals surface area (Å²) in [7, 11) is 0. The van der Waals surface area contributed by atoms with Crippen molar-refractivity contribution in [3.8, 4) is 11.8 Å². The third kappa shape index (κ3) is 3.62. The predicted molar refractivity (Wildman–Crippen MR) is 67.1 cm³/mol. The Labute approximate surface area is 108 Å². The van der Waals surface area contributed by atoms with Gasteiger partial charge in [-0.25, -0.2) is 4.79 Å². The fourth-order valence-electron chi connectivity index (χ4n) is 2.09. The minimum absolute atomic E-state index is 0.0588. The van der Waals surface area contributed by atoms with Crippen LogP contribution in [0, 0.1) is 11.8 Å². The van der Waals surface area contributed by atoms with E-state index in [0.717, 1.165) is 12.8 Å². The lowest BCUT2D eigenvalue weighted by Gasteiger charge is -2.27. The van der Waals surface area contributed by atoms with Gasteiger partial charge in [-0.05, 0) is 0 Å². The monoisotopic (exact) mass is 252 g/mol. The molecule has 2 aliphatic heterocycles. The lowest BCUT2D eigenvalue weighted by molar-refractivity contribution is 0.0156. The molecule has 2 atom stereocenters. The number of nitrogens with zero attached hydrogens (tertiary/aromatic N) is 1. The average molecular weight is 252 g/mol. The van der Waals surface area contributed by atoms with Crippen LogP contribution in [0.5, 0.6) is 0 Å².